The van der Waals surface area contributed by atoms with Crippen molar-refractivity contribution in [1.82, 2.24) is 9.13 Å². The lowest BCUT2D eigenvalue weighted by Crippen LogP contribution is -2.39. The molecule has 0 spiro atoms. The number of hydrogen-bond acceptors (Lipinski definition) is 3. The summed E-state index contributed by atoms with van der Waals surface area (Å²) in [5.41, 5.74) is 1.52. The zero-order chi connectivity index (χ0) is 17.6. The highest BCUT2D eigenvalue weighted by Gasteiger charge is 2.12. The summed E-state index contributed by atoms with van der Waals surface area (Å²) in [6, 6.07) is 10.9. The van der Waals surface area contributed by atoms with E-state index in [0.29, 0.717) is 19.5 Å². The van der Waals surface area contributed by atoms with E-state index in [1.165, 1.54) is 27.5 Å². The highest BCUT2D eigenvalue weighted by Crippen LogP contribution is 2.20. The van der Waals surface area contributed by atoms with Crippen LogP contribution in [0, 0.1) is 0 Å². The summed E-state index contributed by atoms with van der Waals surface area (Å²) in [7, 11) is 0. The third-order valence-corrected chi connectivity index (χ3v) is 4.77. The average Bonchev–Trinajstić information content (AvgIpc) is 2.63. The first-order valence-electron chi connectivity index (χ1n) is 8.90. The van der Waals surface area contributed by atoms with Crippen LogP contribution in [0.15, 0.2) is 57.6 Å². The molecule has 0 atom stereocenters. The zero-order valence-corrected chi connectivity index (χ0v) is 14.4. The van der Waals surface area contributed by atoms with E-state index < -0.39 is 11.2 Å². The average molecular weight is 340 g/mol. The normalized spacial score (nSPS) is 14.3. The fourth-order valence-corrected chi connectivity index (χ4v) is 3.29. The molecule has 0 amide bonds. The van der Waals surface area contributed by atoms with Gasteiger partial charge in [0.25, 0.3) is 5.56 Å². The summed E-state index contributed by atoms with van der Waals surface area (Å²) in [6.45, 7) is 0.715. The molecule has 1 N–H and O–H groups in total. The van der Waals surface area contributed by atoms with Crippen LogP contribution < -0.4 is 11.2 Å². The van der Waals surface area contributed by atoms with E-state index in [9.17, 15) is 14.7 Å². The van der Waals surface area contributed by atoms with Gasteiger partial charge in [-0.25, -0.2) is 4.79 Å². The van der Waals surface area contributed by atoms with Crippen LogP contribution in [0.4, 0.5) is 0 Å². The number of aromatic hydroxyl groups is 1. The summed E-state index contributed by atoms with van der Waals surface area (Å²) >= 11 is 0. The van der Waals surface area contributed by atoms with E-state index in [1.807, 2.05) is 30.3 Å². The number of aromatic nitrogens is 2. The maximum atomic E-state index is 12.7. The van der Waals surface area contributed by atoms with Crippen molar-refractivity contribution in [2.24, 2.45) is 0 Å². The summed E-state index contributed by atoms with van der Waals surface area (Å²) < 4.78 is 2.52. The van der Waals surface area contributed by atoms with E-state index in [0.717, 1.165) is 30.9 Å². The molecule has 5 heteroatoms. The molecular weight excluding hydrogens is 316 g/mol. The highest BCUT2D eigenvalue weighted by atomic mass is 16.3. The number of hydrogen-bond donors (Lipinski definition) is 1. The maximum Gasteiger partial charge on any atom is 0.333 e. The molecule has 1 aromatic carbocycles. The first-order valence-corrected chi connectivity index (χ1v) is 8.90. The number of nitrogens with zero attached hydrogens (tertiary/aromatic N) is 2. The van der Waals surface area contributed by atoms with Gasteiger partial charge in [0.1, 0.15) is 0 Å². The van der Waals surface area contributed by atoms with Crippen LogP contribution in [0.1, 0.15) is 37.7 Å². The molecule has 1 aliphatic carbocycles. The Morgan fingerprint density at radius 1 is 0.960 bits per heavy atom. The Hall–Kier alpha value is -2.56. The highest BCUT2D eigenvalue weighted by molar-refractivity contribution is 5.15. The van der Waals surface area contributed by atoms with Crippen LogP contribution in [-0.4, -0.2) is 14.2 Å². The number of rotatable bonds is 6. The monoisotopic (exact) mass is 340 g/mol. The first kappa shape index (κ1) is 17.3. The molecule has 5 nitrogen and oxygen atoms in total. The summed E-state index contributed by atoms with van der Waals surface area (Å²) in [5, 5.41) is 10.0. The van der Waals surface area contributed by atoms with E-state index in [-0.39, 0.29) is 5.88 Å². The molecule has 3 rings (SSSR count). The molecule has 132 valence electrons. The Bertz CT molecular complexity index is 863. The molecule has 0 saturated heterocycles. The maximum absolute atomic E-state index is 12.7. The van der Waals surface area contributed by atoms with Crippen LogP contribution in [0.25, 0.3) is 0 Å². The molecule has 0 aliphatic heterocycles. The Kier molecular flexibility index (Phi) is 5.53. The molecule has 0 fully saturated rings. The molecular formula is C20H24N2O3. The van der Waals surface area contributed by atoms with E-state index in [2.05, 4.69) is 6.08 Å². The number of benzene rings is 1. The van der Waals surface area contributed by atoms with Crippen molar-refractivity contribution in [3.63, 3.8) is 0 Å². The summed E-state index contributed by atoms with van der Waals surface area (Å²) in [4.78, 5) is 24.8. The van der Waals surface area contributed by atoms with Crippen molar-refractivity contribution in [2.45, 2.75) is 51.6 Å². The van der Waals surface area contributed by atoms with Gasteiger partial charge < -0.3 is 5.11 Å². The summed E-state index contributed by atoms with van der Waals surface area (Å²) in [5.74, 6) is -0.248. The van der Waals surface area contributed by atoms with Gasteiger partial charge in [0.05, 0.1) is 6.07 Å². The lowest BCUT2D eigenvalue weighted by molar-refractivity contribution is 0.387. The Balaban J connectivity index is 1.78. The minimum Gasteiger partial charge on any atom is -0.494 e. The van der Waals surface area contributed by atoms with Gasteiger partial charge in [0.15, 0.2) is 0 Å². The van der Waals surface area contributed by atoms with Crippen LogP contribution in [0.5, 0.6) is 5.88 Å². The number of aryl methyl sites for hydroxylation is 1. The second kappa shape index (κ2) is 8.01. The van der Waals surface area contributed by atoms with Crippen molar-refractivity contribution in [3.8, 4) is 5.88 Å². The van der Waals surface area contributed by atoms with Crippen LogP contribution in [0.3, 0.4) is 0 Å². The van der Waals surface area contributed by atoms with Crippen molar-refractivity contribution in [3.05, 3.63) is 74.4 Å². The van der Waals surface area contributed by atoms with Crippen LogP contribution in [-0.2, 0) is 19.5 Å². The predicted octanol–water partition coefficient (Wildman–Crippen LogP) is 2.85. The SMILES string of the molecule is O=c1cc(O)n(CCC2=CCCCC2)c(=O)n1CCc1ccccc1. The second-order valence-electron chi connectivity index (χ2n) is 6.52. The smallest absolute Gasteiger partial charge is 0.333 e. The molecule has 0 bridgehead atoms. The van der Waals surface area contributed by atoms with Gasteiger partial charge >= 0.3 is 5.69 Å². The lowest BCUT2D eigenvalue weighted by atomic mass is 9.97. The van der Waals surface area contributed by atoms with Crippen molar-refractivity contribution in [2.75, 3.05) is 0 Å². The minimum absolute atomic E-state index is 0.248. The third kappa shape index (κ3) is 4.29. The van der Waals surface area contributed by atoms with Gasteiger partial charge in [-0.15, -0.1) is 0 Å². The van der Waals surface area contributed by atoms with Gasteiger partial charge in [0.2, 0.25) is 5.88 Å². The predicted molar refractivity (Wildman–Crippen MR) is 97.9 cm³/mol. The van der Waals surface area contributed by atoms with Crippen LogP contribution in [0.2, 0.25) is 0 Å². The van der Waals surface area contributed by atoms with Gasteiger partial charge in [-0.3, -0.25) is 13.9 Å². The van der Waals surface area contributed by atoms with Crippen LogP contribution >= 0.6 is 0 Å². The molecule has 25 heavy (non-hydrogen) atoms. The molecule has 2 aromatic rings. The molecule has 0 saturated carbocycles. The van der Waals surface area contributed by atoms with Crippen molar-refractivity contribution >= 4 is 0 Å². The Labute approximate surface area is 146 Å². The van der Waals surface area contributed by atoms with Gasteiger partial charge in [-0.1, -0.05) is 42.0 Å². The quantitative estimate of drug-likeness (QED) is 0.823. The fourth-order valence-electron chi connectivity index (χ4n) is 3.29. The van der Waals surface area contributed by atoms with Gasteiger partial charge in [-0.2, -0.15) is 0 Å². The Morgan fingerprint density at radius 3 is 2.44 bits per heavy atom. The minimum atomic E-state index is -0.452. The van der Waals surface area contributed by atoms with Gasteiger partial charge in [0, 0.05) is 13.1 Å². The third-order valence-electron chi connectivity index (χ3n) is 4.77. The van der Waals surface area contributed by atoms with Crippen molar-refractivity contribution in [1.29, 1.82) is 0 Å². The summed E-state index contributed by atoms with van der Waals surface area (Å²) in [6.07, 6.45) is 8.13. The van der Waals surface area contributed by atoms with Gasteiger partial charge in [-0.05, 0) is 44.1 Å². The largest absolute Gasteiger partial charge is 0.494 e. The molecule has 1 aliphatic rings. The lowest BCUT2D eigenvalue weighted by Gasteiger charge is -2.15. The van der Waals surface area contributed by atoms with E-state index >= 15 is 0 Å². The fraction of sp³-hybridized carbons (Fsp3) is 0.400. The van der Waals surface area contributed by atoms with E-state index in [4.69, 9.17) is 0 Å². The van der Waals surface area contributed by atoms with E-state index in [1.54, 1.807) is 0 Å². The standard InChI is InChI=1S/C20H24N2O3/c23-18-15-19(24)22(14-12-17-9-5-2-6-10-17)20(25)21(18)13-11-16-7-3-1-4-8-16/h1,3-4,7-9,15,24H,2,5-6,10-14H2. The zero-order valence-electron chi connectivity index (χ0n) is 14.4. The Morgan fingerprint density at radius 2 is 1.72 bits per heavy atom. The first-order chi connectivity index (χ1) is 12.1. The molecule has 0 unspecified atom stereocenters. The van der Waals surface area contributed by atoms with Crippen molar-refractivity contribution < 1.29 is 5.11 Å². The second-order valence-corrected chi connectivity index (χ2v) is 6.52. The molecule has 1 heterocycles. The number of allylic oxidation sites excluding steroid dienone is 2. The molecule has 1 aromatic heterocycles. The molecule has 0 radical (unpaired) electrons. The topological polar surface area (TPSA) is 64.2 Å².